The molecule has 0 atom stereocenters. The van der Waals surface area contributed by atoms with Gasteiger partial charge in [0, 0.05) is 6.42 Å². The molecule has 6 heteroatoms. The molecule has 0 N–H and O–H groups in total. The van der Waals surface area contributed by atoms with Gasteiger partial charge in [-0.25, -0.2) is 0 Å². The lowest BCUT2D eigenvalue weighted by molar-refractivity contribution is -0.141. The number of para-hydroxylation sites is 1. The number of benzene rings is 1. The Morgan fingerprint density at radius 2 is 2.04 bits per heavy atom. The molecule has 0 unspecified atom stereocenters. The topological polar surface area (TPSA) is 60.7 Å². The van der Waals surface area contributed by atoms with E-state index in [1.165, 1.54) is 31.3 Å². The largest absolute Gasteiger partial charge is 0.468 e. The molecule has 0 spiro atoms. The Morgan fingerprint density at radius 1 is 1.30 bits per heavy atom. The Morgan fingerprint density at radius 3 is 2.78 bits per heavy atom. The number of amides is 1. The van der Waals surface area contributed by atoms with Crippen LogP contribution in [0.4, 0.5) is 0 Å². The standard InChI is InChI=1S/C17H20N2O3S/c1-22-16(21)11-19-13-8-4-5-9-14(13)23-17(19)18-15(20)10-12-6-2-3-7-12/h4-5,8-9,12H,2-3,6-7,10-11H2,1H3. The first kappa shape index (κ1) is 15.9. The second-order valence-corrected chi connectivity index (χ2v) is 6.88. The fourth-order valence-electron chi connectivity index (χ4n) is 3.07. The zero-order chi connectivity index (χ0) is 16.2. The fraction of sp³-hybridized carbons (Fsp3) is 0.471. The van der Waals surface area contributed by atoms with Gasteiger partial charge in [-0.15, -0.1) is 0 Å². The van der Waals surface area contributed by atoms with Gasteiger partial charge in [-0.1, -0.05) is 36.3 Å². The summed E-state index contributed by atoms with van der Waals surface area (Å²) in [5.74, 6) is 0.0232. The number of esters is 1. The number of fused-ring (bicyclic) bond motifs is 1. The van der Waals surface area contributed by atoms with Crippen molar-refractivity contribution in [2.75, 3.05) is 7.11 Å². The van der Waals surface area contributed by atoms with Crippen LogP contribution in [0, 0.1) is 5.92 Å². The third-order valence-electron chi connectivity index (χ3n) is 4.26. The molecule has 0 saturated heterocycles. The van der Waals surface area contributed by atoms with E-state index in [-0.39, 0.29) is 18.4 Å². The molecule has 1 heterocycles. The van der Waals surface area contributed by atoms with E-state index >= 15 is 0 Å². The number of thiazole rings is 1. The van der Waals surface area contributed by atoms with Crippen LogP contribution in [-0.2, 0) is 20.9 Å². The predicted molar refractivity (Wildman–Crippen MR) is 89.0 cm³/mol. The molecular weight excluding hydrogens is 312 g/mol. The van der Waals surface area contributed by atoms with Crippen molar-refractivity contribution < 1.29 is 14.3 Å². The van der Waals surface area contributed by atoms with Crippen molar-refractivity contribution in [2.45, 2.75) is 38.6 Å². The molecular formula is C17H20N2O3S. The van der Waals surface area contributed by atoms with Crippen molar-refractivity contribution in [3.63, 3.8) is 0 Å². The van der Waals surface area contributed by atoms with Crippen LogP contribution in [0.2, 0.25) is 0 Å². The summed E-state index contributed by atoms with van der Waals surface area (Å²) < 4.78 is 7.52. The SMILES string of the molecule is COC(=O)Cn1c(=NC(=O)CC2CCCC2)sc2ccccc21. The van der Waals surface area contributed by atoms with E-state index < -0.39 is 0 Å². The van der Waals surface area contributed by atoms with Crippen molar-refractivity contribution in [3.8, 4) is 0 Å². The third-order valence-corrected chi connectivity index (χ3v) is 5.32. The highest BCUT2D eigenvalue weighted by atomic mass is 32.1. The van der Waals surface area contributed by atoms with E-state index in [4.69, 9.17) is 4.74 Å². The van der Waals surface area contributed by atoms with Crippen LogP contribution < -0.4 is 4.80 Å². The van der Waals surface area contributed by atoms with E-state index in [2.05, 4.69) is 4.99 Å². The van der Waals surface area contributed by atoms with Crippen molar-refractivity contribution in [3.05, 3.63) is 29.1 Å². The molecule has 2 aromatic rings. The van der Waals surface area contributed by atoms with Gasteiger partial charge >= 0.3 is 5.97 Å². The number of hydrogen-bond donors (Lipinski definition) is 0. The summed E-state index contributed by atoms with van der Waals surface area (Å²) in [5, 5.41) is 0. The van der Waals surface area contributed by atoms with Crippen LogP contribution in [0.5, 0.6) is 0 Å². The van der Waals surface area contributed by atoms with Gasteiger partial charge in [-0.05, 0) is 30.9 Å². The average molecular weight is 332 g/mol. The minimum absolute atomic E-state index is 0.0655. The van der Waals surface area contributed by atoms with Crippen molar-refractivity contribution in [2.24, 2.45) is 10.9 Å². The van der Waals surface area contributed by atoms with Crippen LogP contribution >= 0.6 is 11.3 Å². The number of aromatic nitrogens is 1. The van der Waals surface area contributed by atoms with Gasteiger partial charge in [-0.2, -0.15) is 4.99 Å². The van der Waals surface area contributed by atoms with E-state index in [1.807, 2.05) is 24.3 Å². The average Bonchev–Trinajstić information content (AvgIpc) is 3.16. The Labute approximate surface area is 138 Å². The molecule has 3 rings (SSSR count). The predicted octanol–water partition coefficient (Wildman–Crippen LogP) is 2.88. The second-order valence-electron chi connectivity index (χ2n) is 5.87. The Balaban J connectivity index is 1.94. The fourth-order valence-corrected chi connectivity index (χ4v) is 4.11. The maximum Gasteiger partial charge on any atom is 0.325 e. The Kier molecular flexibility index (Phi) is 4.91. The molecule has 0 radical (unpaired) electrons. The summed E-state index contributed by atoms with van der Waals surface area (Å²) in [4.78, 5) is 28.8. The first-order valence-electron chi connectivity index (χ1n) is 7.90. The highest BCUT2D eigenvalue weighted by molar-refractivity contribution is 7.16. The smallest absolute Gasteiger partial charge is 0.325 e. The lowest BCUT2D eigenvalue weighted by Crippen LogP contribution is -2.22. The lowest BCUT2D eigenvalue weighted by atomic mass is 10.0. The van der Waals surface area contributed by atoms with E-state index in [9.17, 15) is 9.59 Å². The van der Waals surface area contributed by atoms with E-state index in [0.717, 1.165) is 23.1 Å². The van der Waals surface area contributed by atoms with Crippen LogP contribution in [0.3, 0.4) is 0 Å². The minimum Gasteiger partial charge on any atom is -0.468 e. The Hall–Kier alpha value is -1.95. The molecule has 23 heavy (non-hydrogen) atoms. The van der Waals surface area contributed by atoms with Crippen LogP contribution in [0.1, 0.15) is 32.1 Å². The second kappa shape index (κ2) is 7.08. The Bertz CT molecular complexity index is 784. The summed E-state index contributed by atoms with van der Waals surface area (Å²) in [6, 6.07) is 7.74. The minimum atomic E-state index is -0.349. The van der Waals surface area contributed by atoms with Crippen LogP contribution in [-0.4, -0.2) is 23.6 Å². The number of nitrogens with zero attached hydrogens (tertiary/aromatic N) is 2. The molecule has 0 aliphatic heterocycles. The van der Waals surface area contributed by atoms with Gasteiger partial charge in [0.05, 0.1) is 17.3 Å². The lowest BCUT2D eigenvalue weighted by Gasteiger charge is -2.05. The zero-order valence-electron chi connectivity index (χ0n) is 13.2. The molecule has 1 fully saturated rings. The highest BCUT2D eigenvalue weighted by Crippen LogP contribution is 2.27. The van der Waals surface area contributed by atoms with Gasteiger partial charge in [0.15, 0.2) is 4.80 Å². The van der Waals surface area contributed by atoms with Crippen molar-refractivity contribution in [1.29, 1.82) is 0 Å². The van der Waals surface area contributed by atoms with Gasteiger partial charge in [0.2, 0.25) is 5.91 Å². The number of methoxy groups -OCH3 is 1. The molecule has 122 valence electrons. The molecule has 5 nitrogen and oxygen atoms in total. The molecule has 1 aliphatic rings. The maximum atomic E-state index is 12.3. The summed E-state index contributed by atoms with van der Waals surface area (Å²) in [6.45, 7) is 0.0655. The number of rotatable bonds is 4. The molecule has 0 bridgehead atoms. The van der Waals surface area contributed by atoms with Gasteiger partial charge < -0.3 is 9.30 Å². The number of carbonyl (C=O) groups excluding carboxylic acids is 2. The van der Waals surface area contributed by atoms with Crippen LogP contribution in [0.25, 0.3) is 10.2 Å². The monoisotopic (exact) mass is 332 g/mol. The molecule has 1 amide bonds. The van der Waals surface area contributed by atoms with Crippen LogP contribution in [0.15, 0.2) is 29.3 Å². The van der Waals surface area contributed by atoms with Gasteiger partial charge in [0.1, 0.15) is 6.54 Å². The van der Waals surface area contributed by atoms with E-state index in [0.29, 0.717) is 17.1 Å². The first-order valence-corrected chi connectivity index (χ1v) is 8.72. The molecule has 1 saturated carbocycles. The number of ether oxygens (including phenoxy) is 1. The number of hydrogen-bond acceptors (Lipinski definition) is 4. The quantitative estimate of drug-likeness (QED) is 0.809. The van der Waals surface area contributed by atoms with E-state index in [1.54, 1.807) is 4.57 Å². The van der Waals surface area contributed by atoms with Gasteiger partial charge in [-0.3, -0.25) is 9.59 Å². The number of carbonyl (C=O) groups is 2. The first-order chi connectivity index (χ1) is 11.2. The zero-order valence-corrected chi connectivity index (χ0v) is 14.0. The van der Waals surface area contributed by atoms with Crippen molar-refractivity contribution in [1.82, 2.24) is 4.57 Å². The highest BCUT2D eigenvalue weighted by Gasteiger charge is 2.18. The summed E-state index contributed by atoms with van der Waals surface area (Å²) in [6.07, 6.45) is 5.17. The third kappa shape index (κ3) is 3.69. The summed E-state index contributed by atoms with van der Waals surface area (Å²) >= 11 is 1.43. The molecule has 1 aromatic heterocycles. The van der Waals surface area contributed by atoms with Gasteiger partial charge in [0.25, 0.3) is 0 Å². The molecule has 1 aliphatic carbocycles. The van der Waals surface area contributed by atoms with Crippen molar-refractivity contribution >= 4 is 33.4 Å². The summed E-state index contributed by atoms with van der Waals surface area (Å²) in [5.41, 5.74) is 0.898. The molecule has 1 aromatic carbocycles. The summed E-state index contributed by atoms with van der Waals surface area (Å²) in [7, 11) is 1.36. The normalized spacial score (nSPS) is 16.1. The maximum absolute atomic E-state index is 12.3.